The summed E-state index contributed by atoms with van der Waals surface area (Å²) in [5, 5.41) is 13.1. The van der Waals surface area contributed by atoms with Crippen molar-refractivity contribution in [3.05, 3.63) is 35.5 Å². The number of aromatic nitrogens is 2. The van der Waals surface area contributed by atoms with Gasteiger partial charge in [0.15, 0.2) is 0 Å². The Hall–Kier alpha value is -2.54. The minimum Gasteiger partial charge on any atom is -0.494 e. The summed E-state index contributed by atoms with van der Waals surface area (Å²) < 4.78 is 12.9. The second kappa shape index (κ2) is 7.14. The molecule has 0 unspecified atom stereocenters. The van der Waals surface area contributed by atoms with Gasteiger partial charge in [0.25, 0.3) is 0 Å². The lowest BCUT2D eigenvalue weighted by molar-refractivity contribution is 0.0527. The van der Waals surface area contributed by atoms with E-state index in [-0.39, 0.29) is 7.53 Å². The molecule has 0 bridgehead atoms. The molecule has 1 aromatic heterocycles. The number of aryl methyl sites for hydroxylation is 1. The molecule has 7 heteroatoms. The van der Waals surface area contributed by atoms with Gasteiger partial charge in [0, 0.05) is 38.9 Å². The number of nitrogens with two attached hydrogens (primary N) is 1. The zero-order valence-electron chi connectivity index (χ0n) is 15.0. The highest BCUT2D eigenvalue weighted by Crippen LogP contribution is 2.25. The molecule has 1 aromatic carbocycles. The summed E-state index contributed by atoms with van der Waals surface area (Å²) in [5.41, 5.74) is 8.13. The van der Waals surface area contributed by atoms with Gasteiger partial charge in [-0.25, -0.2) is 0 Å². The van der Waals surface area contributed by atoms with Crippen molar-refractivity contribution in [1.82, 2.24) is 9.78 Å². The van der Waals surface area contributed by atoms with E-state index in [0.29, 0.717) is 41.6 Å². The molecule has 3 N–H and O–H groups in total. The first-order valence-electron chi connectivity index (χ1n) is 8.51. The van der Waals surface area contributed by atoms with Gasteiger partial charge < -0.3 is 20.1 Å². The lowest BCUT2D eigenvalue weighted by Crippen LogP contribution is -2.41. The van der Waals surface area contributed by atoms with E-state index in [1.807, 2.05) is 30.8 Å². The lowest BCUT2D eigenvalue weighted by atomic mass is 10.0. The molecular formula is C18H27N5O2. The monoisotopic (exact) mass is 345 g/mol. The van der Waals surface area contributed by atoms with Crippen molar-refractivity contribution in [2.45, 2.75) is 20.0 Å². The number of hydrogen-bond donors (Lipinski definition) is 2. The Bertz CT molecular complexity index is 777. The number of nitrogen functional groups attached to an aromatic ring is 1. The van der Waals surface area contributed by atoms with Crippen molar-refractivity contribution in [3.63, 3.8) is 0 Å². The van der Waals surface area contributed by atoms with Crippen LogP contribution < -0.4 is 15.4 Å². The number of ether oxygens (including phenoxy) is 2. The van der Waals surface area contributed by atoms with Crippen molar-refractivity contribution in [1.29, 1.82) is 5.41 Å². The molecule has 0 spiro atoms. The fourth-order valence-corrected chi connectivity index (χ4v) is 3.05. The molecule has 2 heterocycles. The molecule has 1 saturated heterocycles. The van der Waals surface area contributed by atoms with Gasteiger partial charge in [-0.1, -0.05) is 0 Å². The number of rotatable bonds is 5. The molecule has 0 radical (unpaired) electrons. The third kappa shape index (κ3) is 3.61. The number of morpholine rings is 1. The number of benzene rings is 1. The highest BCUT2D eigenvalue weighted by Gasteiger charge is 2.22. The number of hydrogen-bond acceptors (Lipinski definition) is 6. The number of nitrogens with one attached hydrogen (secondary N) is 1. The predicted molar refractivity (Wildman–Crippen MR) is 101 cm³/mol. The minimum atomic E-state index is 0. The molecule has 1 atom stereocenters. The van der Waals surface area contributed by atoms with E-state index in [1.165, 1.54) is 0 Å². The van der Waals surface area contributed by atoms with Crippen molar-refractivity contribution < 1.29 is 10.9 Å². The van der Waals surface area contributed by atoms with Crippen LogP contribution >= 0.6 is 0 Å². The van der Waals surface area contributed by atoms with Gasteiger partial charge in [0.1, 0.15) is 17.3 Å². The van der Waals surface area contributed by atoms with Crippen LogP contribution in [0.5, 0.6) is 5.75 Å². The third-order valence-electron chi connectivity index (χ3n) is 4.28. The normalized spacial score (nSPS) is 17.6. The van der Waals surface area contributed by atoms with Gasteiger partial charge in [0.2, 0.25) is 0 Å². The van der Waals surface area contributed by atoms with Crippen molar-refractivity contribution in [2.24, 2.45) is 7.05 Å². The van der Waals surface area contributed by atoms with Crippen LogP contribution in [-0.2, 0) is 11.8 Å². The molecule has 136 valence electrons. The Balaban J connectivity index is 0.00000243. The summed E-state index contributed by atoms with van der Waals surface area (Å²) in [6.45, 7) is 6.89. The van der Waals surface area contributed by atoms with E-state index in [4.69, 9.17) is 20.6 Å². The largest absolute Gasteiger partial charge is 0.494 e. The zero-order chi connectivity index (χ0) is 18.0. The van der Waals surface area contributed by atoms with E-state index in [2.05, 4.69) is 16.9 Å². The van der Waals surface area contributed by atoms with E-state index in [0.717, 1.165) is 18.9 Å². The van der Waals surface area contributed by atoms with Gasteiger partial charge in [-0.2, -0.15) is 5.10 Å². The highest BCUT2D eigenvalue weighted by atomic mass is 16.5. The van der Waals surface area contributed by atoms with E-state index < -0.39 is 0 Å². The topological polar surface area (TPSA) is 89.4 Å². The van der Waals surface area contributed by atoms with Crippen molar-refractivity contribution >= 4 is 17.2 Å². The van der Waals surface area contributed by atoms with Gasteiger partial charge in [-0.15, -0.1) is 0 Å². The van der Waals surface area contributed by atoms with Crippen LogP contribution in [0.4, 0.5) is 11.5 Å². The number of nitrogens with zero attached hydrogens (tertiary/aromatic N) is 3. The Kier molecular flexibility index (Phi) is 4.94. The standard InChI is InChI=1S/C18H25N5O2.H2/c1-4-24-13-5-6-15(19)14(9-13)18(20)16-10-17(22(3)21-16)23-7-8-25-12(2)11-23;/h5-6,9-10,12,20H,4,7-8,11,19H2,1-3H3;1H/t12-;/m0./s1. The summed E-state index contributed by atoms with van der Waals surface area (Å²) in [4.78, 5) is 2.23. The maximum atomic E-state index is 8.55. The average Bonchev–Trinajstić information content (AvgIpc) is 2.98. The van der Waals surface area contributed by atoms with Crippen LogP contribution in [0, 0.1) is 5.41 Å². The second-order valence-electron chi connectivity index (χ2n) is 6.20. The van der Waals surface area contributed by atoms with Gasteiger partial charge in [-0.3, -0.25) is 10.1 Å². The Morgan fingerprint density at radius 1 is 1.48 bits per heavy atom. The summed E-state index contributed by atoms with van der Waals surface area (Å²) in [6.07, 6.45) is 0.185. The van der Waals surface area contributed by atoms with Gasteiger partial charge in [-0.05, 0) is 32.0 Å². The van der Waals surface area contributed by atoms with Crippen LogP contribution in [0.1, 0.15) is 26.5 Å². The molecule has 0 amide bonds. The third-order valence-corrected chi connectivity index (χ3v) is 4.28. The lowest BCUT2D eigenvalue weighted by Gasteiger charge is -2.32. The molecule has 7 nitrogen and oxygen atoms in total. The summed E-state index contributed by atoms with van der Waals surface area (Å²) in [6, 6.07) is 7.32. The number of anilines is 2. The van der Waals surface area contributed by atoms with E-state index >= 15 is 0 Å². The first kappa shape index (κ1) is 17.3. The minimum absolute atomic E-state index is 0. The molecule has 1 aliphatic rings. The maximum absolute atomic E-state index is 8.55. The average molecular weight is 345 g/mol. The Morgan fingerprint density at radius 3 is 3.00 bits per heavy atom. The molecule has 3 rings (SSSR count). The van der Waals surface area contributed by atoms with E-state index in [1.54, 1.807) is 12.1 Å². The van der Waals surface area contributed by atoms with Crippen LogP contribution in [0.3, 0.4) is 0 Å². The van der Waals surface area contributed by atoms with Crippen LogP contribution in [-0.4, -0.2) is 47.9 Å². The van der Waals surface area contributed by atoms with Gasteiger partial charge in [0.05, 0.1) is 25.0 Å². The summed E-state index contributed by atoms with van der Waals surface area (Å²) in [7, 11) is 1.90. The SMILES string of the molecule is CCOc1ccc(N)c(C(=N)c2cc(N3CCO[C@@H](C)C3)n(C)n2)c1.[HH]. The molecule has 0 aliphatic carbocycles. The van der Waals surface area contributed by atoms with Crippen molar-refractivity contribution in [2.75, 3.05) is 36.9 Å². The molecule has 2 aromatic rings. The Labute approximate surface area is 149 Å². The quantitative estimate of drug-likeness (QED) is 0.641. The Morgan fingerprint density at radius 2 is 2.28 bits per heavy atom. The molecule has 25 heavy (non-hydrogen) atoms. The molecule has 0 saturated carbocycles. The fraction of sp³-hybridized carbons (Fsp3) is 0.444. The molecule has 1 fully saturated rings. The highest BCUT2D eigenvalue weighted by molar-refractivity contribution is 6.13. The smallest absolute Gasteiger partial charge is 0.127 e. The fourth-order valence-electron chi connectivity index (χ4n) is 3.05. The second-order valence-corrected chi connectivity index (χ2v) is 6.20. The molecule has 1 aliphatic heterocycles. The first-order valence-corrected chi connectivity index (χ1v) is 8.51. The summed E-state index contributed by atoms with van der Waals surface area (Å²) >= 11 is 0. The zero-order valence-corrected chi connectivity index (χ0v) is 15.0. The van der Waals surface area contributed by atoms with Crippen LogP contribution in [0.2, 0.25) is 0 Å². The van der Waals surface area contributed by atoms with Crippen molar-refractivity contribution in [3.8, 4) is 5.75 Å². The first-order chi connectivity index (χ1) is 12.0. The van der Waals surface area contributed by atoms with Crippen LogP contribution in [0.25, 0.3) is 0 Å². The van der Waals surface area contributed by atoms with Gasteiger partial charge >= 0.3 is 0 Å². The molecular weight excluding hydrogens is 318 g/mol. The van der Waals surface area contributed by atoms with E-state index in [9.17, 15) is 0 Å². The van der Waals surface area contributed by atoms with Crippen LogP contribution in [0.15, 0.2) is 24.3 Å². The maximum Gasteiger partial charge on any atom is 0.127 e. The predicted octanol–water partition coefficient (Wildman–Crippen LogP) is 2.29. The summed E-state index contributed by atoms with van der Waals surface area (Å²) in [5.74, 6) is 1.68.